The Balaban J connectivity index is 1.25. The second-order valence-electron chi connectivity index (χ2n) is 10.6. The molecule has 3 atom stereocenters. The van der Waals surface area contributed by atoms with Gasteiger partial charge in [-0.05, 0) is 60.6 Å². The van der Waals surface area contributed by atoms with Gasteiger partial charge in [0.1, 0.15) is 19.0 Å². The third-order valence-corrected chi connectivity index (χ3v) is 7.86. The minimum Gasteiger partial charge on any atom is -0.486 e. The normalized spacial score (nSPS) is 20.2. The van der Waals surface area contributed by atoms with Gasteiger partial charge in [0.25, 0.3) is 5.91 Å². The molecule has 5 rings (SSSR count). The Labute approximate surface area is 239 Å². The number of rotatable bonds is 8. The van der Waals surface area contributed by atoms with E-state index in [1.54, 1.807) is 12.1 Å². The van der Waals surface area contributed by atoms with Gasteiger partial charge in [-0.15, -0.1) is 0 Å². The van der Waals surface area contributed by atoms with Crippen molar-refractivity contribution in [2.45, 2.75) is 39.2 Å². The number of carbonyl (C=O) groups is 2. The van der Waals surface area contributed by atoms with Gasteiger partial charge in [0.2, 0.25) is 0 Å². The molecule has 2 aliphatic heterocycles. The monoisotopic (exact) mass is 563 g/mol. The van der Waals surface area contributed by atoms with Crippen LogP contribution in [0.5, 0.6) is 17.2 Å². The van der Waals surface area contributed by atoms with Crippen molar-refractivity contribution in [3.63, 3.8) is 0 Å². The Morgan fingerprint density at radius 3 is 2.50 bits per heavy atom. The number of ether oxygens (including phenoxy) is 4. The number of halogens is 1. The van der Waals surface area contributed by atoms with Gasteiger partial charge in [-0.2, -0.15) is 0 Å². The van der Waals surface area contributed by atoms with Crippen molar-refractivity contribution in [1.29, 1.82) is 0 Å². The third-order valence-electron chi connectivity index (χ3n) is 7.52. The summed E-state index contributed by atoms with van der Waals surface area (Å²) in [5.74, 6) is 1.89. The summed E-state index contributed by atoms with van der Waals surface area (Å²) in [7, 11) is 0. The van der Waals surface area contributed by atoms with Gasteiger partial charge in [-0.25, -0.2) is 0 Å². The van der Waals surface area contributed by atoms with Crippen LogP contribution in [-0.2, 0) is 9.53 Å². The predicted octanol–water partition coefficient (Wildman–Crippen LogP) is 6.85. The number of nitrogens with one attached hydrogen (secondary N) is 1. The molecule has 1 saturated heterocycles. The summed E-state index contributed by atoms with van der Waals surface area (Å²) in [6.07, 6.45) is 0.875. The van der Waals surface area contributed by atoms with Crippen LogP contribution < -0.4 is 19.5 Å². The minimum atomic E-state index is -0.388. The highest BCUT2D eigenvalue weighted by Crippen LogP contribution is 2.45. The lowest BCUT2D eigenvalue weighted by Gasteiger charge is -2.39. The van der Waals surface area contributed by atoms with E-state index in [9.17, 15) is 9.59 Å². The van der Waals surface area contributed by atoms with Crippen molar-refractivity contribution < 1.29 is 28.5 Å². The second kappa shape index (κ2) is 12.3. The molecule has 3 aromatic carbocycles. The Kier molecular flexibility index (Phi) is 8.62. The molecular formula is C32H34ClNO6. The Morgan fingerprint density at radius 1 is 1.02 bits per heavy atom. The van der Waals surface area contributed by atoms with Gasteiger partial charge in [0, 0.05) is 22.6 Å². The molecule has 7 nitrogen and oxygen atoms in total. The summed E-state index contributed by atoms with van der Waals surface area (Å²) in [5, 5.41) is 3.56. The number of Topliss-reactive ketones (excluding diaryl/α,β-unsaturated/α-hetero) is 1. The maximum atomic E-state index is 12.8. The average molecular weight is 564 g/mol. The average Bonchev–Trinajstić information content (AvgIpc) is 2.95. The highest BCUT2D eigenvalue weighted by molar-refractivity contribution is 6.31. The van der Waals surface area contributed by atoms with E-state index in [1.165, 1.54) is 6.92 Å². The van der Waals surface area contributed by atoms with E-state index in [0.29, 0.717) is 54.2 Å². The first kappa shape index (κ1) is 28.0. The summed E-state index contributed by atoms with van der Waals surface area (Å²) in [4.78, 5) is 25.0. The van der Waals surface area contributed by atoms with Gasteiger partial charge in [-0.1, -0.05) is 55.8 Å². The molecule has 0 radical (unpaired) electrons. The first-order chi connectivity index (χ1) is 19.3. The lowest BCUT2D eigenvalue weighted by atomic mass is 9.76. The first-order valence-corrected chi connectivity index (χ1v) is 14.0. The molecule has 0 spiro atoms. The van der Waals surface area contributed by atoms with Crippen molar-refractivity contribution in [2.24, 2.45) is 11.8 Å². The van der Waals surface area contributed by atoms with Crippen LogP contribution in [0.15, 0.2) is 60.7 Å². The van der Waals surface area contributed by atoms with E-state index in [4.69, 9.17) is 30.5 Å². The molecular weight excluding hydrogens is 530 g/mol. The largest absolute Gasteiger partial charge is 0.486 e. The van der Waals surface area contributed by atoms with E-state index in [1.807, 2.05) is 42.5 Å². The summed E-state index contributed by atoms with van der Waals surface area (Å²) in [6, 6.07) is 18.9. The molecule has 1 N–H and O–H groups in total. The fraction of sp³-hybridized carbons (Fsp3) is 0.375. The minimum absolute atomic E-state index is 0.0908. The standard InChI is InChI=1S/C32H34ClNO6/c1-19(2)25-14-22(24-9-4-5-10-27(24)33)17-40-32(25)21-7-6-8-23(13-21)39-18-31(36)34-28-16-30-29(37-11-12-38-30)15-26(28)20(3)35/h4-10,13,15-16,19,22,25,32H,11-12,14,17-18H2,1-3H3,(H,34,36)/t22-,25-,32-/m0/s1. The van der Waals surface area contributed by atoms with Crippen molar-refractivity contribution in [2.75, 3.05) is 31.7 Å². The molecule has 0 aromatic heterocycles. The topological polar surface area (TPSA) is 83.1 Å². The maximum absolute atomic E-state index is 12.8. The fourth-order valence-electron chi connectivity index (χ4n) is 5.45. The van der Waals surface area contributed by atoms with E-state index in [0.717, 1.165) is 22.6 Å². The number of ketones is 1. The number of hydrogen-bond donors (Lipinski definition) is 1. The molecule has 0 saturated carbocycles. The van der Waals surface area contributed by atoms with Crippen LogP contribution in [0.4, 0.5) is 5.69 Å². The Hall–Kier alpha value is -3.55. The number of anilines is 1. The zero-order chi connectivity index (χ0) is 28.2. The Bertz CT molecular complexity index is 1390. The summed E-state index contributed by atoms with van der Waals surface area (Å²) in [6.45, 7) is 7.05. The summed E-state index contributed by atoms with van der Waals surface area (Å²) >= 11 is 6.49. The molecule has 3 aromatic rings. The molecule has 0 bridgehead atoms. The predicted molar refractivity (Wildman–Crippen MR) is 154 cm³/mol. The van der Waals surface area contributed by atoms with Gasteiger partial charge in [0.05, 0.1) is 18.4 Å². The highest BCUT2D eigenvalue weighted by atomic mass is 35.5. The fourth-order valence-corrected chi connectivity index (χ4v) is 5.74. The number of hydrogen-bond acceptors (Lipinski definition) is 6. The molecule has 1 fully saturated rings. The van der Waals surface area contributed by atoms with E-state index in [2.05, 4.69) is 25.2 Å². The number of benzene rings is 3. The maximum Gasteiger partial charge on any atom is 0.262 e. The molecule has 210 valence electrons. The van der Waals surface area contributed by atoms with Crippen molar-refractivity contribution in [3.8, 4) is 17.2 Å². The van der Waals surface area contributed by atoms with Crippen molar-refractivity contribution in [1.82, 2.24) is 0 Å². The van der Waals surface area contributed by atoms with Crippen LogP contribution in [0.1, 0.15) is 60.7 Å². The number of carbonyl (C=O) groups excluding carboxylic acids is 2. The van der Waals surface area contributed by atoms with E-state index in [-0.39, 0.29) is 36.2 Å². The van der Waals surface area contributed by atoms with Crippen molar-refractivity contribution >= 4 is 29.0 Å². The number of amides is 1. The molecule has 2 heterocycles. The Morgan fingerprint density at radius 2 is 1.77 bits per heavy atom. The summed E-state index contributed by atoms with van der Waals surface area (Å²) < 4.78 is 23.5. The molecule has 8 heteroatoms. The SMILES string of the molecule is CC(=O)c1cc2c(cc1NC(=O)COc1cccc([C@@H]3OC[C@@H](c4ccccc4Cl)C[C@H]3C(C)C)c1)OCCO2. The van der Waals surface area contributed by atoms with E-state index >= 15 is 0 Å². The van der Waals surface area contributed by atoms with Crippen LogP contribution in [0, 0.1) is 11.8 Å². The third kappa shape index (κ3) is 6.26. The van der Waals surface area contributed by atoms with Crippen molar-refractivity contribution in [3.05, 3.63) is 82.4 Å². The second-order valence-corrected chi connectivity index (χ2v) is 11.0. The van der Waals surface area contributed by atoms with Gasteiger partial charge < -0.3 is 24.3 Å². The zero-order valence-corrected chi connectivity index (χ0v) is 23.7. The van der Waals surface area contributed by atoms with Crippen LogP contribution in [0.3, 0.4) is 0 Å². The van der Waals surface area contributed by atoms with E-state index < -0.39 is 0 Å². The van der Waals surface area contributed by atoms with Gasteiger partial charge in [-0.3, -0.25) is 9.59 Å². The molecule has 0 unspecified atom stereocenters. The lowest BCUT2D eigenvalue weighted by molar-refractivity contribution is -0.118. The quantitative estimate of drug-likeness (QED) is 0.302. The van der Waals surface area contributed by atoms with Gasteiger partial charge >= 0.3 is 0 Å². The smallest absolute Gasteiger partial charge is 0.262 e. The highest BCUT2D eigenvalue weighted by Gasteiger charge is 2.35. The van der Waals surface area contributed by atoms with Crippen LogP contribution >= 0.6 is 11.6 Å². The lowest BCUT2D eigenvalue weighted by Crippen LogP contribution is -2.31. The van der Waals surface area contributed by atoms with Crippen LogP contribution in [-0.4, -0.2) is 38.1 Å². The molecule has 0 aliphatic carbocycles. The molecule has 40 heavy (non-hydrogen) atoms. The van der Waals surface area contributed by atoms with Gasteiger partial charge in [0.15, 0.2) is 23.9 Å². The zero-order valence-electron chi connectivity index (χ0n) is 22.9. The van der Waals surface area contributed by atoms with Crippen LogP contribution in [0.2, 0.25) is 5.02 Å². The summed E-state index contributed by atoms with van der Waals surface area (Å²) in [5.41, 5.74) is 2.86. The molecule has 2 aliphatic rings. The molecule has 1 amide bonds. The van der Waals surface area contributed by atoms with Crippen LogP contribution in [0.25, 0.3) is 0 Å². The first-order valence-electron chi connectivity index (χ1n) is 13.6. The number of fused-ring (bicyclic) bond motifs is 1.